The average molecular weight is 317 g/mol. The summed E-state index contributed by atoms with van der Waals surface area (Å²) in [5.74, 6) is -1.11. The third kappa shape index (κ3) is 5.81. The summed E-state index contributed by atoms with van der Waals surface area (Å²) in [6, 6.07) is 6.41. The molecule has 110 valence electrons. The molecule has 20 heavy (non-hydrogen) atoms. The molecule has 0 aliphatic carbocycles. The summed E-state index contributed by atoms with van der Waals surface area (Å²) >= 11 is 7.18. The molecule has 1 unspecified atom stereocenters. The van der Waals surface area contributed by atoms with Gasteiger partial charge in [0.15, 0.2) is 0 Å². The van der Waals surface area contributed by atoms with Gasteiger partial charge in [0, 0.05) is 23.0 Å². The van der Waals surface area contributed by atoms with E-state index in [4.69, 9.17) is 11.6 Å². The normalized spacial score (nSPS) is 13.4. The molecule has 0 spiro atoms. The zero-order valence-electron chi connectivity index (χ0n) is 11.3. The number of hydrogen-bond acceptors (Lipinski definition) is 4. The third-order valence-corrected chi connectivity index (χ3v) is 3.56. The second-order valence-electron chi connectivity index (χ2n) is 4.57. The maximum atomic E-state index is 11.6. The van der Waals surface area contributed by atoms with Gasteiger partial charge < -0.3 is 15.7 Å². The molecule has 0 aliphatic heterocycles. The number of carbonyl (C=O) groups excluding carboxylic acids is 2. The van der Waals surface area contributed by atoms with E-state index < -0.39 is 17.4 Å². The molecular weight excluding hydrogens is 300 g/mol. The highest BCUT2D eigenvalue weighted by Crippen LogP contribution is 2.13. The van der Waals surface area contributed by atoms with Crippen molar-refractivity contribution in [3.8, 4) is 0 Å². The van der Waals surface area contributed by atoms with E-state index in [-0.39, 0.29) is 6.54 Å². The van der Waals surface area contributed by atoms with Crippen LogP contribution in [0.5, 0.6) is 0 Å². The lowest BCUT2D eigenvalue weighted by Crippen LogP contribution is -2.45. The quantitative estimate of drug-likeness (QED) is 0.720. The number of rotatable bonds is 5. The number of thioether (sulfide) groups is 1. The van der Waals surface area contributed by atoms with Crippen molar-refractivity contribution in [3.05, 3.63) is 29.3 Å². The van der Waals surface area contributed by atoms with E-state index in [1.54, 1.807) is 31.2 Å². The van der Waals surface area contributed by atoms with Gasteiger partial charge in [0.25, 0.3) is 0 Å². The summed E-state index contributed by atoms with van der Waals surface area (Å²) < 4.78 is 0. The first-order chi connectivity index (χ1) is 9.34. The van der Waals surface area contributed by atoms with Crippen LogP contribution in [0.4, 0.5) is 5.69 Å². The fraction of sp³-hybridized carbons (Fsp3) is 0.385. The summed E-state index contributed by atoms with van der Waals surface area (Å²) in [7, 11) is 0. The number of amides is 2. The molecule has 0 saturated carbocycles. The molecule has 0 fully saturated rings. The molecule has 0 radical (unpaired) electrons. The second kappa shape index (κ2) is 7.52. The Balaban J connectivity index is 2.47. The van der Waals surface area contributed by atoms with Crippen LogP contribution >= 0.6 is 23.4 Å². The van der Waals surface area contributed by atoms with Crippen molar-refractivity contribution in [2.45, 2.75) is 12.5 Å². The molecule has 0 bridgehead atoms. The molecule has 1 rings (SSSR count). The molecular formula is C13H17ClN2O3S. The maximum absolute atomic E-state index is 11.6. The van der Waals surface area contributed by atoms with Crippen LogP contribution in [-0.2, 0) is 9.59 Å². The van der Waals surface area contributed by atoms with E-state index in [0.29, 0.717) is 16.5 Å². The Hall–Kier alpha value is -1.24. The second-order valence-corrected chi connectivity index (χ2v) is 5.88. The van der Waals surface area contributed by atoms with Gasteiger partial charge in [-0.1, -0.05) is 11.6 Å². The molecule has 0 heterocycles. The summed E-state index contributed by atoms with van der Waals surface area (Å²) in [5.41, 5.74) is -0.569. The zero-order valence-corrected chi connectivity index (χ0v) is 12.8. The first kappa shape index (κ1) is 16.8. The number of anilines is 1. The molecule has 2 amide bonds. The number of aliphatic hydroxyl groups is 1. The van der Waals surface area contributed by atoms with Crippen molar-refractivity contribution in [3.63, 3.8) is 0 Å². The number of carbonyl (C=O) groups is 2. The fourth-order valence-electron chi connectivity index (χ4n) is 1.43. The number of nitrogens with one attached hydrogen (secondary N) is 2. The van der Waals surface area contributed by atoms with Gasteiger partial charge in [-0.15, -0.1) is 0 Å². The van der Waals surface area contributed by atoms with Crippen molar-refractivity contribution in [2.75, 3.05) is 23.9 Å². The summed E-state index contributed by atoms with van der Waals surface area (Å²) in [4.78, 5) is 23.2. The SMILES string of the molecule is CSCC(C)(O)CNC(=O)C(=O)Nc1ccc(Cl)cc1. The number of benzene rings is 1. The molecule has 0 saturated heterocycles. The van der Waals surface area contributed by atoms with Crippen LogP contribution in [0, 0.1) is 0 Å². The minimum absolute atomic E-state index is 0.0146. The maximum Gasteiger partial charge on any atom is 0.313 e. The predicted octanol–water partition coefficient (Wildman–Crippen LogP) is 1.51. The van der Waals surface area contributed by atoms with Gasteiger partial charge in [-0.3, -0.25) is 9.59 Å². The van der Waals surface area contributed by atoms with E-state index in [9.17, 15) is 14.7 Å². The highest BCUT2D eigenvalue weighted by atomic mass is 35.5. The van der Waals surface area contributed by atoms with Crippen molar-refractivity contribution in [1.82, 2.24) is 5.32 Å². The first-order valence-corrected chi connectivity index (χ1v) is 7.67. The van der Waals surface area contributed by atoms with Crippen molar-refractivity contribution in [2.24, 2.45) is 0 Å². The molecule has 0 aromatic heterocycles. The Kier molecular flexibility index (Phi) is 6.32. The zero-order chi connectivity index (χ0) is 15.2. The Morgan fingerprint density at radius 2 is 1.90 bits per heavy atom. The minimum Gasteiger partial charge on any atom is -0.387 e. The Bertz CT molecular complexity index is 477. The van der Waals surface area contributed by atoms with E-state index in [0.717, 1.165) is 0 Å². The summed E-state index contributed by atoms with van der Waals surface area (Å²) in [6.07, 6.45) is 1.85. The summed E-state index contributed by atoms with van der Waals surface area (Å²) in [5, 5.41) is 15.3. The lowest BCUT2D eigenvalue weighted by molar-refractivity contribution is -0.136. The van der Waals surface area contributed by atoms with Gasteiger partial charge in [0.1, 0.15) is 0 Å². The van der Waals surface area contributed by atoms with E-state index in [1.807, 2.05) is 6.26 Å². The fourth-order valence-corrected chi connectivity index (χ4v) is 2.28. The lowest BCUT2D eigenvalue weighted by Gasteiger charge is -2.22. The molecule has 3 N–H and O–H groups in total. The Morgan fingerprint density at radius 3 is 2.45 bits per heavy atom. The van der Waals surface area contributed by atoms with Gasteiger partial charge >= 0.3 is 11.8 Å². The molecule has 0 aliphatic rings. The van der Waals surface area contributed by atoms with Crippen molar-refractivity contribution in [1.29, 1.82) is 0 Å². The minimum atomic E-state index is -1.05. The highest BCUT2D eigenvalue weighted by molar-refractivity contribution is 7.98. The lowest BCUT2D eigenvalue weighted by atomic mass is 10.1. The topological polar surface area (TPSA) is 78.4 Å². The average Bonchev–Trinajstić information content (AvgIpc) is 2.38. The van der Waals surface area contributed by atoms with Gasteiger partial charge in [0.05, 0.1) is 5.60 Å². The van der Waals surface area contributed by atoms with Crippen LogP contribution < -0.4 is 10.6 Å². The molecule has 1 atom stereocenters. The van der Waals surface area contributed by atoms with Crippen LogP contribution in [0.15, 0.2) is 24.3 Å². The molecule has 7 heteroatoms. The van der Waals surface area contributed by atoms with Gasteiger partial charge in [-0.05, 0) is 37.4 Å². The molecule has 1 aromatic carbocycles. The first-order valence-electron chi connectivity index (χ1n) is 5.90. The van der Waals surface area contributed by atoms with Crippen LogP contribution in [-0.4, -0.2) is 41.1 Å². The summed E-state index contributed by atoms with van der Waals surface area (Å²) in [6.45, 7) is 1.61. The van der Waals surface area contributed by atoms with E-state index >= 15 is 0 Å². The molecule has 1 aromatic rings. The Labute approximate surface area is 127 Å². The largest absolute Gasteiger partial charge is 0.387 e. The Morgan fingerprint density at radius 1 is 1.30 bits per heavy atom. The van der Waals surface area contributed by atoms with Crippen LogP contribution in [0.1, 0.15) is 6.92 Å². The van der Waals surface area contributed by atoms with Crippen molar-refractivity contribution >= 4 is 40.9 Å². The number of halogens is 1. The smallest absolute Gasteiger partial charge is 0.313 e. The van der Waals surface area contributed by atoms with Crippen LogP contribution in [0.3, 0.4) is 0 Å². The highest BCUT2D eigenvalue weighted by Gasteiger charge is 2.22. The van der Waals surface area contributed by atoms with Crippen molar-refractivity contribution < 1.29 is 14.7 Å². The van der Waals surface area contributed by atoms with E-state index in [1.165, 1.54) is 11.8 Å². The predicted molar refractivity (Wildman–Crippen MR) is 82.1 cm³/mol. The van der Waals surface area contributed by atoms with Crippen LogP contribution in [0.2, 0.25) is 5.02 Å². The standard InChI is InChI=1S/C13H17ClN2O3S/c1-13(19,8-20-2)7-15-11(17)12(18)16-10-5-3-9(14)4-6-10/h3-6,19H,7-8H2,1-2H3,(H,15,17)(H,16,18). The van der Waals surface area contributed by atoms with Gasteiger partial charge in [-0.25, -0.2) is 0 Å². The third-order valence-electron chi connectivity index (χ3n) is 2.39. The van der Waals surface area contributed by atoms with Crippen LogP contribution in [0.25, 0.3) is 0 Å². The van der Waals surface area contributed by atoms with E-state index in [2.05, 4.69) is 10.6 Å². The molecule has 5 nitrogen and oxygen atoms in total. The monoisotopic (exact) mass is 316 g/mol. The number of hydrogen-bond donors (Lipinski definition) is 3. The van der Waals surface area contributed by atoms with Gasteiger partial charge in [0.2, 0.25) is 0 Å². The van der Waals surface area contributed by atoms with Gasteiger partial charge in [-0.2, -0.15) is 11.8 Å².